The molecule has 1 atom stereocenters. The number of nitrogens with two attached hydrogens (primary N) is 1. The molecule has 1 unspecified atom stereocenters. The highest BCUT2D eigenvalue weighted by Crippen LogP contribution is 2.48. The van der Waals surface area contributed by atoms with Crippen molar-refractivity contribution < 1.29 is 4.79 Å². The minimum absolute atomic E-state index is 0.105. The van der Waals surface area contributed by atoms with Crippen LogP contribution in [-0.4, -0.2) is 32.1 Å². The van der Waals surface area contributed by atoms with E-state index in [4.69, 9.17) is 5.73 Å². The molecule has 0 saturated heterocycles. The fourth-order valence-corrected chi connectivity index (χ4v) is 4.07. The Morgan fingerprint density at radius 1 is 1.48 bits per heavy atom. The zero-order chi connectivity index (χ0) is 14.4. The van der Waals surface area contributed by atoms with Gasteiger partial charge >= 0.3 is 0 Å². The van der Waals surface area contributed by atoms with Crippen LogP contribution in [0.25, 0.3) is 0 Å². The third kappa shape index (κ3) is 2.31. The molecular formula is C14H17N5OS. The Morgan fingerprint density at radius 3 is 3.05 bits per heavy atom. The van der Waals surface area contributed by atoms with E-state index in [-0.39, 0.29) is 24.4 Å². The highest BCUT2D eigenvalue weighted by molar-refractivity contribution is 7.10. The quantitative estimate of drug-likeness (QED) is 0.931. The summed E-state index contributed by atoms with van der Waals surface area (Å²) in [5.74, 6) is 0.942. The number of amides is 1. The molecule has 1 fully saturated rings. The topological polar surface area (TPSA) is 77.0 Å². The van der Waals surface area contributed by atoms with Crippen LogP contribution in [0.5, 0.6) is 0 Å². The van der Waals surface area contributed by atoms with E-state index in [1.54, 1.807) is 0 Å². The number of carbonyl (C=O) groups is 1. The van der Waals surface area contributed by atoms with E-state index in [0.717, 1.165) is 13.0 Å². The van der Waals surface area contributed by atoms with Crippen LogP contribution in [0.3, 0.4) is 0 Å². The number of rotatable bonds is 3. The van der Waals surface area contributed by atoms with Crippen molar-refractivity contribution in [1.82, 2.24) is 19.7 Å². The van der Waals surface area contributed by atoms with E-state index >= 15 is 0 Å². The molecule has 1 aliphatic carbocycles. The van der Waals surface area contributed by atoms with Crippen molar-refractivity contribution in [2.24, 2.45) is 5.92 Å². The van der Waals surface area contributed by atoms with Gasteiger partial charge in [-0.25, -0.2) is 9.67 Å². The fourth-order valence-electron chi connectivity index (χ4n) is 3.16. The number of nitrogens with zero attached hydrogens (tertiary/aromatic N) is 4. The summed E-state index contributed by atoms with van der Waals surface area (Å²) >= 11 is 1.81. The van der Waals surface area contributed by atoms with E-state index < -0.39 is 0 Å². The minimum Gasteiger partial charge on any atom is -0.367 e. The van der Waals surface area contributed by atoms with Crippen molar-refractivity contribution in [2.45, 2.75) is 31.8 Å². The van der Waals surface area contributed by atoms with Crippen molar-refractivity contribution in [3.63, 3.8) is 0 Å². The summed E-state index contributed by atoms with van der Waals surface area (Å²) in [7, 11) is 0. The van der Waals surface area contributed by atoms with Crippen LogP contribution >= 0.6 is 11.3 Å². The van der Waals surface area contributed by atoms with Gasteiger partial charge in [-0.1, -0.05) is 0 Å². The highest BCUT2D eigenvalue weighted by Gasteiger charge is 2.41. The van der Waals surface area contributed by atoms with Gasteiger partial charge in [-0.05, 0) is 42.2 Å². The number of anilines is 1. The normalized spacial score (nSPS) is 21.3. The van der Waals surface area contributed by atoms with E-state index in [1.807, 2.05) is 16.2 Å². The maximum atomic E-state index is 12.7. The van der Waals surface area contributed by atoms with E-state index in [0.29, 0.717) is 5.92 Å². The first-order chi connectivity index (χ1) is 10.2. The molecule has 4 rings (SSSR count). The second-order valence-corrected chi connectivity index (χ2v) is 6.72. The average molecular weight is 303 g/mol. The van der Waals surface area contributed by atoms with Crippen LogP contribution in [0, 0.1) is 5.92 Å². The molecule has 2 N–H and O–H groups in total. The van der Waals surface area contributed by atoms with Crippen LogP contribution in [0.1, 0.15) is 29.3 Å². The van der Waals surface area contributed by atoms with Gasteiger partial charge in [0.25, 0.3) is 0 Å². The summed E-state index contributed by atoms with van der Waals surface area (Å²) in [6.45, 7) is 1.02. The highest BCUT2D eigenvalue weighted by atomic mass is 32.1. The number of aromatic nitrogens is 3. The molecule has 1 amide bonds. The third-order valence-electron chi connectivity index (χ3n) is 4.25. The molecule has 21 heavy (non-hydrogen) atoms. The smallest absolute Gasteiger partial charge is 0.244 e. The molecule has 110 valence electrons. The number of hydrogen-bond donors (Lipinski definition) is 1. The van der Waals surface area contributed by atoms with Crippen molar-refractivity contribution in [2.75, 3.05) is 12.3 Å². The van der Waals surface area contributed by atoms with Crippen LogP contribution < -0.4 is 5.73 Å². The van der Waals surface area contributed by atoms with Crippen molar-refractivity contribution in [1.29, 1.82) is 0 Å². The molecule has 1 saturated carbocycles. The molecule has 7 heteroatoms. The predicted octanol–water partition coefficient (Wildman–Crippen LogP) is 1.46. The van der Waals surface area contributed by atoms with E-state index in [9.17, 15) is 4.79 Å². The second kappa shape index (κ2) is 4.84. The monoisotopic (exact) mass is 303 g/mol. The first-order valence-electron chi connectivity index (χ1n) is 7.23. The summed E-state index contributed by atoms with van der Waals surface area (Å²) in [6.07, 6.45) is 4.92. The molecule has 2 aromatic heterocycles. The Morgan fingerprint density at radius 2 is 2.33 bits per heavy atom. The summed E-state index contributed by atoms with van der Waals surface area (Å²) in [6, 6.07) is 2.45. The molecule has 2 aliphatic rings. The Bertz CT molecular complexity index is 674. The lowest BCUT2D eigenvalue weighted by atomic mass is 9.96. The number of thiophene rings is 1. The van der Waals surface area contributed by atoms with Crippen molar-refractivity contribution in [3.05, 3.63) is 28.2 Å². The standard InChI is InChI=1S/C14H17N5OS/c15-14-16-8-18(17-14)7-12(20)19-5-3-11-10(4-6-21-11)13(19)9-1-2-9/h4,6,8-9,13H,1-3,5,7H2,(H2,15,17). The Kier molecular flexibility index (Phi) is 2.95. The van der Waals surface area contributed by atoms with Gasteiger partial charge in [0.2, 0.25) is 11.9 Å². The number of hydrogen-bond acceptors (Lipinski definition) is 5. The summed E-state index contributed by atoms with van der Waals surface area (Å²) in [4.78, 5) is 20.0. The van der Waals surface area contributed by atoms with Gasteiger partial charge in [-0.15, -0.1) is 16.4 Å². The van der Waals surface area contributed by atoms with Crippen LogP contribution in [0.15, 0.2) is 17.8 Å². The van der Waals surface area contributed by atoms with Crippen LogP contribution in [0.2, 0.25) is 0 Å². The lowest BCUT2D eigenvalue weighted by Gasteiger charge is -2.36. The first kappa shape index (κ1) is 12.8. The zero-order valence-corrected chi connectivity index (χ0v) is 12.4. The average Bonchev–Trinajstić information content (AvgIpc) is 3.05. The van der Waals surface area contributed by atoms with Gasteiger partial charge in [0.15, 0.2) is 0 Å². The van der Waals surface area contributed by atoms with Gasteiger partial charge in [0, 0.05) is 11.4 Å². The van der Waals surface area contributed by atoms with E-state index in [1.165, 1.54) is 34.3 Å². The molecule has 6 nitrogen and oxygen atoms in total. The number of carbonyl (C=O) groups excluding carboxylic acids is 1. The van der Waals surface area contributed by atoms with E-state index in [2.05, 4.69) is 21.5 Å². The maximum absolute atomic E-state index is 12.7. The van der Waals surface area contributed by atoms with Gasteiger partial charge in [-0.2, -0.15) is 0 Å². The summed E-state index contributed by atoms with van der Waals surface area (Å²) in [5.41, 5.74) is 6.86. The number of nitrogen functional groups attached to an aromatic ring is 1. The SMILES string of the molecule is Nc1ncn(CC(=O)N2CCc3sccc3C2C2CC2)n1. The Labute approximate surface area is 126 Å². The van der Waals surface area contributed by atoms with Gasteiger partial charge in [0.1, 0.15) is 12.9 Å². The van der Waals surface area contributed by atoms with Crippen molar-refractivity contribution in [3.8, 4) is 0 Å². The van der Waals surface area contributed by atoms with Gasteiger partial charge < -0.3 is 10.6 Å². The zero-order valence-electron chi connectivity index (χ0n) is 11.6. The Balaban J connectivity index is 1.57. The molecule has 0 spiro atoms. The fraction of sp³-hybridized carbons (Fsp3) is 0.500. The molecule has 3 heterocycles. The van der Waals surface area contributed by atoms with Crippen LogP contribution in [0.4, 0.5) is 5.95 Å². The van der Waals surface area contributed by atoms with Crippen LogP contribution in [-0.2, 0) is 17.8 Å². The molecule has 0 bridgehead atoms. The largest absolute Gasteiger partial charge is 0.367 e. The molecule has 2 aromatic rings. The molecule has 0 radical (unpaired) electrons. The second-order valence-electron chi connectivity index (χ2n) is 5.72. The number of fused-ring (bicyclic) bond motifs is 1. The maximum Gasteiger partial charge on any atom is 0.244 e. The summed E-state index contributed by atoms with van der Waals surface area (Å²) in [5, 5.41) is 6.15. The Hall–Kier alpha value is -1.89. The van der Waals surface area contributed by atoms with Crippen molar-refractivity contribution >= 4 is 23.2 Å². The molecule has 0 aromatic carbocycles. The van der Waals surface area contributed by atoms with Gasteiger partial charge in [-0.3, -0.25) is 4.79 Å². The molecule has 1 aliphatic heterocycles. The van der Waals surface area contributed by atoms with Gasteiger partial charge in [0.05, 0.1) is 6.04 Å². The predicted molar refractivity (Wildman–Crippen MR) is 79.6 cm³/mol. The lowest BCUT2D eigenvalue weighted by molar-refractivity contribution is -0.135. The lowest BCUT2D eigenvalue weighted by Crippen LogP contribution is -2.42. The molecular weight excluding hydrogens is 286 g/mol. The minimum atomic E-state index is 0.105. The summed E-state index contributed by atoms with van der Waals surface area (Å²) < 4.78 is 1.52. The first-order valence-corrected chi connectivity index (χ1v) is 8.11. The third-order valence-corrected chi connectivity index (χ3v) is 5.25.